The number of aromatic amines is 1. The van der Waals surface area contributed by atoms with E-state index < -0.39 is 0 Å². The second-order valence-corrected chi connectivity index (χ2v) is 6.30. The number of hydrogen-bond acceptors (Lipinski definition) is 2. The van der Waals surface area contributed by atoms with Gasteiger partial charge in [0, 0.05) is 18.8 Å². The van der Waals surface area contributed by atoms with E-state index in [-0.39, 0.29) is 11.7 Å². The molecule has 23 heavy (non-hydrogen) atoms. The van der Waals surface area contributed by atoms with E-state index in [1.54, 1.807) is 6.33 Å². The van der Waals surface area contributed by atoms with E-state index in [9.17, 15) is 9.18 Å². The number of H-pyrrole nitrogens is 1. The van der Waals surface area contributed by atoms with E-state index in [1.807, 2.05) is 24.0 Å². The lowest BCUT2D eigenvalue weighted by Crippen LogP contribution is -2.40. The molecule has 1 aromatic carbocycles. The van der Waals surface area contributed by atoms with E-state index in [2.05, 4.69) is 9.97 Å². The average Bonchev–Trinajstić information content (AvgIpc) is 3.00. The van der Waals surface area contributed by atoms with Gasteiger partial charge in [-0.2, -0.15) is 0 Å². The first-order chi connectivity index (χ1) is 11.1. The summed E-state index contributed by atoms with van der Waals surface area (Å²) in [6.07, 6.45) is 5.69. The maximum atomic E-state index is 12.9. The molecule has 0 aliphatic carbocycles. The Kier molecular flexibility index (Phi) is 4.74. The van der Waals surface area contributed by atoms with Crippen LogP contribution in [0, 0.1) is 18.7 Å². The summed E-state index contributed by atoms with van der Waals surface area (Å²) in [6.45, 7) is 3.46. The molecule has 1 fully saturated rings. The second kappa shape index (κ2) is 6.94. The lowest BCUT2D eigenvalue weighted by molar-refractivity contribution is 0.0662. The van der Waals surface area contributed by atoms with Gasteiger partial charge in [-0.15, -0.1) is 0 Å². The highest BCUT2D eigenvalue weighted by molar-refractivity contribution is 5.93. The minimum absolute atomic E-state index is 0.0234. The first kappa shape index (κ1) is 15.7. The molecule has 1 aromatic heterocycles. The van der Waals surface area contributed by atoms with Crippen molar-refractivity contribution in [3.8, 4) is 0 Å². The second-order valence-electron chi connectivity index (χ2n) is 6.30. The summed E-state index contributed by atoms with van der Waals surface area (Å²) in [6, 6.07) is 6.70. The van der Waals surface area contributed by atoms with Gasteiger partial charge in [0.2, 0.25) is 0 Å². The standard InChI is InChI=1S/C18H22FN3O/c1-13-17(21-12-20-13)18(23)22-10-2-3-15(11-22)5-4-14-6-8-16(19)9-7-14/h6-9,12,15H,2-5,10-11H2,1H3,(H,20,21). The molecule has 1 amide bonds. The van der Waals surface area contributed by atoms with Crippen LogP contribution in [0.25, 0.3) is 0 Å². The number of halogens is 1. The molecule has 1 aliphatic rings. The third kappa shape index (κ3) is 3.78. The van der Waals surface area contributed by atoms with Crippen LogP contribution >= 0.6 is 0 Å². The molecule has 4 nitrogen and oxygen atoms in total. The van der Waals surface area contributed by atoms with Gasteiger partial charge in [0.1, 0.15) is 11.5 Å². The molecule has 1 atom stereocenters. The summed E-state index contributed by atoms with van der Waals surface area (Å²) in [5.74, 6) is 0.324. The summed E-state index contributed by atoms with van der Waals surface area (Å²) in [4.78, 5) is 21.6. The number of likely N-dealkylation sites (tertiary alicyclic amines) is 1. The Balaban J connectivity index is 1.57. The van der Waals surface area contributed by atoms with Crippen molar-refractivity contribution in [2.45, 2.75) is 32.6 Å². The summed E-state index contributed by atoms with van der Waals surface area (Å²) >= 11 is 0. The van der Waals surface area contributed by atoms with E-state index >= 15 is 0 Å². The van der Waals surface area contributed by atoms with Crippen molar-refractivity contribution in [1.82, 2.24) is 14.9 Å². The molecule has 0 bridgehead atoms. The summed E-state index contributed by atoms with van der Waals surface area (Å²) in [5.41, 5.74) is 2.51. The molecule has 1 saturated heterocycles. The number of imidazole rings is 1. The van der Waals surface area contributed by atoms with Crippen LogP contribution in [0.4, 0.5) is 4.39 Å². The smallest absolute Gasteiger partial charge is 0.274 e. The van der Waals surface area contributed by atoms with Gasteiger partial charge in [0.25, 0.3) is 5.91 Å². The Morgan fingerprint density at radius 1 is 1.39 bits per heavy atom. The molecule has 1 unspecified atom stereocenters. The van der Waals surface area contributed by atoms with E-state index in [4.69, 9.17) is 0 Å². The SMILES string of the molecule is Cc1[nH]cnc1C(=O)N1CCCC(CCc2ccc(F)cc2)C1. The van der Waals surface area contributed by atoms with Crippen molar-refractivity contribution in [3.63, 3.8) is 0 Å². The number of nitrogens with zero attached hydrogens (tertiary/aromatic N) is 2. The molecule has 1 N–H and O–H groups in total. The molecule has 3 rings (SSSR count). The van der Waals surface area contributed by atoms with Crippen LogP contribution in [0.2, 0.25) is 0 Å². The van der Waals surface area contributed by atoms with Crippen LogP contribution in [-0.2, 0) is 6.42 Å². The van der Waals surface area contributed by atoms with E-state index in [0.29, 0.717) is 11.6 Å². The van der Waals surface area contributed by atoms with Crippen molar-refractivity contribution >= 4 is 5.91 Å². The summed E-state index contributed by atoms with van der Waals surface area (Å²) in [7, 11) is 0. The lowest BCUT2D eigenvalue weighted by atomic mass is 9.91. The molecule has 122 valence electrons. The molecular weight excluding hydrogens is 293 g/mol. The first-order valence-electron chi connectivity index (χ1n) is 8.17. The van der Waals surface area contributed by atoms with Crippen LogP contribution in [0.15, 0.2) is 30.6 Å². The number of aromatic nitrogens is 2. The number of nitrogens with one attached hydrogen (secondary N) is 1. The zero-order chi connectivity index (χ0) is 16.2. The van der Waals surface area contributed by atoms with Gasteiger partial charge in [0.05, 0.1) is 6.33 Å². The number of amides is 1. The van der Waals surface area contributed by atoms with E-state index in [1.165, 1.54) is 12.1 Å². The summed E-state index contributed by atoms with van der Waals surface area (Å²) < 4.78 is 12.9. The highest BCUT2D eigenvalue weighted by Crippen LogP contribution is 2.23. The first-order valence-corrected chi connectivity index (χ1v) is 8.17. The van der Waals surface area contributed by atoms with Crippen LogP contribution < -0.4 is 0 Å². The summed E-state index contributed by atoms with van der Waals surface area (Å²) in [5, 5.41) is 0. The van der Waals surface area contributed by atoms with Gasteiger partial charge in [-0.05, 0) is 56.2 Å². The molecule has 0 spiro atoms. The van der Waals surface area contributed by atoms with Crippen molar-refractivity contribution in [1.29, 1.82) is 0 Å². The number of piperidine rings is 1. The minimum atomic E-state index is -0.197. The van der Waals surface area contributed by atoms with E-state index in [0.717, 1.165) is 50.0 Å². The number of aryl methyl sites for hydroxylation is 2. The highest BCUT2D eigenvalue weighted by atomic mass is 19.1. The lowest BCUT2D eigenvalue weighted by Gasteiger charge is -2.32. The monoisotopic (exact) mass is 315 g/mol. The van der Waals surface area contributed by atoms with Crippen LogP contribution in [0.3, 0.4) is 0 Å². The Hall–Kier alpha value is -2.17. The topological polar surface area (TPSA) is 49.0 Å². The highest BCUT2D eigenvalue weighted by Gasteiger charge is 2.26. The molecule has 1 aliphatic heterocycles. The Morgan fingerprint density at radius 2 is 2.17 bits per heavy atom. The zero-order valence-electron chi connectivity index (χ0n) is 13.4. The van der Waals surface area contributed by atoms with Crippen LogP contribution in [0.5, 0.6) is 0 Å². The fourth-order valence-corrected chi connectivity index (χ4v) is 3.23. The molecule has 0 radical (unpaired) electrons. The number of rotatable bonds is 4. The van der Waals surface area contributed by atoms with Crippen molar-refractivity contribution < 1.29 is 9.18 Å². The van der Waals surface area contributed by atoms with Crippen LogP contribution in [0.1, 0.15) is 41.0 Å². The molecule has 5 heteroatoms. The number of hydrogen-bond donors (Lipinski definition) is 1. The van der Waals surface area contributed by atoms with Crippen molar-refractivity contribution in [3.05, 3.63) is 53.4 Å². The average molecular weight is 315 g/mol. The zero-order valence-corrected chi connectivity index (χ0v) is 13.4. The third-order valence-electron chi connectivity index (χ3n) is 4.59. The van der Waals surface area contributed by atoms with Crippen LogP contribution in [-0.4, -0.2) is 33.9 Å². The fourth-order valence-electron chi connectivity index (χ4n) is 3.23. The third-order valence-corrected chi connectivity index (χ3v) is 4.59. The van der Waals surface area contributed by atoms with Crippen molar-refractivity contribution in [2.24, 2.45) is 5.92 Å². The Labute approximate surface area is 135 Å². The number of carbonyl (C=O) groups is 1. The molecular formula is C18H22FN3O. The quantitative estimate of drug-likeness (QED) is 0.940. The van der Waals surface area contributed by atoms with Gasteiger partial charge in [0.15, 0.2) is 0 Å². The predicted molar refractivity (Wildman–Crippen MR) is 86.7 cm³/mol. The minimum Gasteiger partial charge on any atom is -0.348 e. The van der Waals surface area contributed by atoms with Gasteiger partial charge in [-0.1, -0.05) is 12.1 Å². The maximum absolute atomic E-state index is 12.9. The van der Waals surface area contributed by atoms with Gasteiger partial charge in [-0.3, -0.25) is 4.79 Å². The van der Waals surface area contributed by atoms with Gasteiger partial charge < -0.3 is 9.88 Å². The van der Waals surface area contributed by atoms with Gasteiger partial charge in [-0.25, -0.2) is 9.37 Å². The Morgan fingerprint density at radius 3 is 2.87 bits per heavy atom. The molecule has 2 aromatic rings. The van der Waals surface area contributed by atoms with Crippen molar-refractivity contribution in [2.75, 3.05) is 13.1 Å². The fraction of sp³-hybridized carbons (Fsp3) is 0.444. The molecule has 0 saturated carbocycles. The maximum Gasteiger partial charge on any atom is 0.274 e. The van der Waals surface area contributed by atoms with Gasteiger partial charge >= 0.3 is 0 Å². The Bertz CT molecular complexity index is 665. The number of carbonyl (C=O) groups excluding carboxylic acids is 1. The molecule has 2 heterocycles. The predicted octanol–water partition coefficient (Wildman–Crippen LogP) is 3.34. The number of benzene rings is 1. The largest absolute Gasteiger partial charge is 0.348 e. The normalized spacial score (nSPS) is 18.2.